The Kier molecular flexibility index (Phi) is 6.89. The first-order valence-electron chi connectivity index (χ1n) is 10.6. The number of fused-ring (bicyclic) bond motifs is 1. The fourth-order valence-corrected chi connectivity index (χ4v) is 4.44. The van der Waals surface area contributed by atoms with E-state index in [4.69, 9.17) is 38.0 Å². The lowest BCUT2D eigenvalue weighted by atomic mass is 9.76. The van der Waals surface area contributed by atoms with E-state index in [1.54, 1.807) is 12.1 Å². The number of carbonyl (C=O) groups excluding carboxylic acids is 2. The molecule has 184 valence electrons. The molecule has 2 heterocycles. The second-order valence-corrected chi connectivity index (χ2v) is 7.71. The highest BCUT2D eigenvalue weighted by Gasteiger charge is 2.59. The predicted octanol–water partition coefficient (Wildman–Crippen LogP) is 1.53. The molecule has 1 aliphatic carbocycles. The van der Waals surface area contributed by atoms with Crippen LogP contribution >= 0.6 is 0 Å². The quantitative estimate of drug-likeness (QED) is 0.422. The van der Waals surface area contributed by atoms with Crippen molar-refractivity contribution >= 4 is 17.5 Å². The Balaban J connectivity index is 1.86. The van der Waals surface area contributed by atoms with E-state index in [1.807, 2.05) is 0 Å². The van der Waals surface area contributed by atoms with Gasteiger partial charge in [0.2, 0.25) is 5.78 Å². The van der Waals surface area contributed by atoms with E-state index < -0.39 is 35.9 Å². The summed E-state index contributed by atoms with van der Waals surface area (Å²) in [6, 6.07) is 3.41. The Hall–Kier alpha value is -2.99. The number of carbonyl (C=O) groups is 2. The number of Topliss-reactive ketones (excluding diaryl/α,β-unsaturated/α-hetero) is 1. The van der Waals surface area contributed by atoms with Gasteiger partial charge < -0.3 is 38.0 Å². The van der Waals surface area contributed by atoms with Crippen molar-refractivity contribution in [1.82, 2.24) is 0 Å². The number of benzene rings is 1. The predicted molar refractivity (Wildman–Crippen MR) is 116 cm³/mol. The largest absolute Gasteiger partial charge is 0.497 e. The first-order chi connectivity index (χ1) is 16.4. The van der Waals surface area contributed by atoms with Gasteiger partial charge in [-0.05, 0) is 18.6 Å². The third-order valence-electron chi connectivity index (χ3n) is 6.07. The Labute approximate surface area is 196 Å². The third-order valence-corrected chi connectivity index (χ3v) is 6.07. The first kappa shape index (κ1) is 24.1. The molecule has 34 heavy (non-hydrogen) atoms. The molecule has 0 unspecified atom stereocenters. The Morgan fingerprint density at radius 1 is 1.06 bits per heavy atom. The van der Waals surface area contributed by atoms with Gasteiger partial charge in [-0.1, -0.05) is 5.16 Å². The summed E-state index contributed by atoms with van der Waals surface area (Å²) in [4.78, 5) is 31.9. The molecule has 0 radical (unpaired) electrons. The zero-order chi connectivity index (χ0) is 24.5. The highest BCUT2D eigenvalue weighted by atomic mass is 16.7. The number of esters is 1. The van der Waals surface area contributed by atoms with Crippen molar-refractivity contribution in [2.75, 3.05) is 48.8 Å². The van der Waals surface area contributed by atoms with Crippen LogP contribution in [0.5, 0.6) is 11.5 Å². The monoisotopic (exact) mass is 477 g/mol. The van der Waals surface area contributed by atoms with Crippen molar-refractivity contribution in [2.24, 2.45) is 11.1 Å². The molecule has 11 heteroatoms. The summed E-state index contributed by atoms with van der Waals surface area (Å²) in [5.41, 5.74) is 1.17. The summed E-state index contributed by atoms with van der Waals surface area (Å²) in [6.07, 6.45) is 0.572. The van der Waals surface area contributed by atoms with Gasteiger partial charge in [0.1, 0.15) is 28.7 Å². The summed E-state index contributed by atoms with van der Waals surface area (Å²) >= 11 is 0. The van der Waals surface area contributed by atoms with Crippen molar-refractivity contribution in [2.45, 2.75) is 24.6 Å². The number of methoxy groups -OCH3 is 5. The number of oxime groups is 1. The van der Waals surface area contributed by atoms with Crippen molar-refractivity contribution < 1.29 is 47.6 Å². The molecule has 0 N–H and O–H groups in total. The Bertz CT molecular complexity index is 1020. The van der Waals surface area contributed by atoms with Crippen LogP contribution in [-0.4, -0.2) is 78.1 Å². The Morgan fingerprint density at radius 2 is 1.76 bits per heavy atom. The molecular weight excluding hydrogens is 450 g/mol. The molecule has 0 spiro atoms. The van der Waals surface area contributed by atoms with Gasteiger partial charge in [-0.25, -0.2) is 4.79 Å². The van der Waals surface area contributed by atoms with E-state index in [0.717, 1.165) is 6.42 Å². The first-order valence-corrected chi connectivity index (χ1v) is 10.6. The maximum absolute atomic E-state index is 13.8. The molecule has 4 rings (SSSR count). The highest BCUT2D eigenvalue weighted by Crippen LogP contribution is 2.44. The zero-order valence-electron chi connectivity index (χ0n) is 19.6. The van der Waals surface area contributed by atoms with Crippen LogP contribution in [0.3, 0.4) is 0 Å². The van der Waals surface area contributed by atoms with Crippen LogP contribution in [0.1, 0.15) is 23.8 Å². The minimum absolute atomic E-state index is 0.122. The molecule has 11 nitrogen and oxygen atoms in total. The molecular formula is C23H27NO10. The molecule has 1 aromatic rings. The van der Waals surface area contributed by atoms with E-state index >= 15 is 0 Å². The standard InChI is InChI=1S/C23H27NO10/c1-27-12-9-13(22-32-7-6-8-33-22)17(15(10-12)28-2)19-18-16(34-24-19)11-14(21(26)29-3)23(30-4,31-5)20(18)25/h9-11,16,18,22H,6-8H2,1-5H3/t16-,18+/m1/s1. The van der Waals surface area contributed by atoms with Gasteiger partial charge >= 0.3 is 5.97 Å². The average molecular weight is 477 g/mol. The molecule has 3 aliphatic rings. The molecule has 2 atom stereocenters. The van der Waals surface area contributed by atoms with Gasteiger partial charge in [-0.15, -0.1) is 0 Å². The maximum atomic E-state index is 13.8. The van der Waals surface area contributed by atoms with Crippen LogP contribution in [0.25, 0.3) is 0 Å². The summed E-state index contributed by atoms with van der Waals surface area (Å²) in [5, 5.41) is 4.23. The summed E-state index contributed by atoms with van der Waals surface area (Å²) in [7, 11) is 6.77. The van der Waals surface area contributed by atoms with E-state index in [2.05, 4.69) is 5.16 Å². The van der Waals surface area contributed by atoms with Gasteiger partial charge in [-0.3, -0.25) is 4.79 Å². The molecule has 1 saturated heterocycles. The van der Waals surface area contributed by atoms with E-state index in [0.29, 0.717) is 35.8 Å². The van der Waals surface area contributed by atoms with E-state index in [1.165, 1.54) is 41.6 Å². The lowest BCUT2D eigenvalue weighted by Crippen LogP contribution is -2.56. The number of hydrogen-bond acceptors (Lipinski definition) is 11. The third kappa shape index (κ3) is 3.74. The van der Waals surface area contributed by atoms with E-state index in [9.17, 15) is 9.59 Å². The normalized spacial score (nSPS) is 24.0. The minimum Gasteiger partial charge on any atom is -0.497 e. The molecule has 0 amide bonds. The molecule has 0 bridgehead atoms. The second-order valence-electron chi connectivity index (χ2n) is 7.71. The van der Waals surface area contributed by atoms with Crippen molar-refractivity contribution in [3.05, 3.63) is 34.9 Å². The fourth-order valence-electron chi connectivity index (χ4n) is 4.44. The molecule has 0 aromatic heterocycles. The lowest BCUT2D eigenvalue weighted by molar-refractivity contribution is -0.200. The summed E-state index contributed by atoms with van der Waals surface area (Å²) < 4.78 is 38.5. The zero-order valence-corrected chi connectivity index (χ0v) is 19.6. The van der Waals surface area contributed by atoms with E-state index in [-0.39, 0.29) is 11.3 Å². The Morgan fingerprint density at radius 3 is 2.35 bits per heavy atom. The minimum atomic E-state index is -2.00. The van der Waals surface area contributed by atoms with Crippen LogP contribution in [-0.2, 0) is 38.1 Å². The maximum Gasteiger partial charge on any atom is 0.339 e. The SMILES string of the molecule is COC(=O)C1=C[C@H]2ON=C(c3c(OC)cc(OC)cc3C3OCCCO3)[C@H]2C(=O)C1(OC)OC. The van der Waals surface area contributed by atoms with Gasteiger partial charge in [0.25, 0.3) is 5.79 Å². The van der Waals surface area contributed by atoms with Crippen LogP contribution in [0, 0.1) is 5.92 Å². The lowest BCUT2D eigenvalue weighted by Gasteiger charge is -2.37. The number of ether oxygens (including phenoxy) is 7. The summed E-state index contributed by atoms with van der Waals surface area (Å²) in [5.74, 6) is -3.44. The van der Waals surface area contributed by atoms with Gasteiger partial charge in [0.15, 0.2) is 12.4 Å². The molecule has 1 fully saturated rings. The topological polar surface area (TPSA) is 120 Å². The number of rotatable bonds is 7. The second kappa shape index (κ2) is 9.71. The van der Waals surface area contributed by atoms with Crippen LogP contribution < -0.4 is 9.47 Å². The molecule has 0 saturated carbocycles. The molecule has 2 aliphatic heterocycles. The van der Waals surface area contributed by atoms with Gasteiger partial charge in [0, 0.05) is 25.8 Å². The van der Waals surface area contributed by atoms with Gasteiger partial charge in [-0.2, -0.15) is 0 Å². The number of ketones is 1. The highest BCUT2D eigenvalue weighted by molar-refractivity contribution is 6.21. The smallest absolute Gasteiger partial charge is 0.339 e. The number of hydrogen-bond donors (Lipinski definition) is 0. The summed E-state index contributed by atoms with van der Waals surface area (Å²) in [6.45, 7) is 0.999. The number of nitrogens with zero attached hydrogens (tertiary/aromatic N) is 1. The van der Waals surface area contributed by atoms with Crippen molar-refractivity contribution in [3.8, 4) is 11.5 Å². The van der Waals surface area contributed by atoms with Crippen LogP contribution in [0.2, 0.25) is 0 Å². The van der Waals surface area contributed by atoms with Crippen LogP contribution in [0.15, 0.2) is 28.9 Å². The van der Waals surface area contributed by atoms with Gasteiger partial charge in [0.05, 0.1) is 40.1 Å². The van der Waals surface area contributed by atoms with Crippen LogP contribution in [0.4, 0.5) is 0 Å². The average Bonchev–Trinajstić information content (AvgIpc) is 3.31. The van der Waals surface area contributed by atoms with Crippen molar-refractivity contribution in [3.63, 3.8) is 0 Å². The van der Waals surface area contributed by atoms with Crippen molar-refractivity contribution in [1.29, 1.82) is 0 Å². The molecule has 1 aromatic carbocycles. The fraction of sp³-hybridized carbons (Fsp3) is 0.522.